The van der Waals surface area contributed by atoms with E-state index in [1.807, 2.05) is 0 Å². The Labute approximate surface area is 380 Å². The SMILES string of the molecule is CCCCCCCCCCCCCCCCCCCC(=O)OCC(COC(=O)CCCCCCCCCCCCCCC)OC(=O)CCCCCCCCCCCCCCC. The van der Waals surface area contributed by atoms with Gasteiger partial charge in [0.25, 0.3) is 0 Å². The summed E-state index contributed by atoms with van der Waals surface area (Å²) in [5.74, 6) is -0.836. The monoisotopic (exact) mass is 863 g/mol. The molecule has 0 heterocycles. The van der Waals surface area contributed by atoms with Crippen LogP contribution in [0.2, 0.25) is 0 Å². The number of carbonyl (C=O) groups excluding carboxylic acids is 3. The Kier molecular flexibility index (Phi) is 49.7. The summed E-state index contributed by atoms with van der Waals surface area (Å²) in [6.07, 6.45) is 55.1. The first kappa shape index (κ1) is 59.4. The molecule has 0 amide bonds. The second-order valence-electron chi connectivity index (χ2n) is 18.9. The van der Waals surface area contributed by atoms with Crippen molar-refractivity contribution in [2.45, 2.75) is 322 Å². The largest absolute Gasteiger partial charge is 0.462 e. The molecule has 0 fully saturated rings. The molecule has 0 aromatic heterocycles. The molecule has 61 heavy (non-hydrogen) atoms. The quantitative estimate of drug-likeness (QED) is 0.0344. The van der Waals surface area contributed by atoms with Gasteiger partial charge in [0.1, 0.15) is 13.2 Å². The minimum atomic E-state index is -0.760. The molecule has 0 aliphatic heterocycles. The van der Waals surface area contributed by atoms with Crippen molar-refractivity contribution < 1.29 is 28.6 Å². The summed E-state index contributed by atoms with van der Waals surface area (Å²) in [4.78, 5) is 38.0. The molecule has 0 saturated carbocycles. The van der Waals surface area contributed by atoms with Crippen LogP contribution in [-0.2, 0) is 28.6 Å². The predicted molar refractivity (Wildman–Crippen MR) is 261 cm³/mol. The maximum atomic E-state index is 12.8. The van der Waals surface area contributed by atoms with Crippen LogP contribution in [0.3, 0.4) is 0 Å². The first-order chi connectivity index (χ1) is 30.0. The van der Waals surface area contributed by atoms with Gasteiger partial charge in [0.05, 0.1) is 0 Å². The molecule has 0 spiro atoms. The number of esters is 3. The fourth-order valence-electron chi connectivity index (χ4n) is 8.45. The molecule has 0 aromatic rings. The van der Waals surface area contributed by atoms with E-state index in [1.54, 1.807) is 0 Å². The van der Waals surface area contributed by atoms with Gasteiger partial charge in [-0.3, -0.25) is 14.4 Å². The number of hydrogen-bond donors (Lipinski definition) is 0. The third-order valence-electron chi connectivity index (χ3n) is 12.6. The Balaban J connectivity index is 4.28. The number of carbonyl (C=O) groups is 3. The minimum Gasteiger partial charge on any atom is -0.462 e. The minimum absolute atomic E-state index is 0.0614. The van der Waals surface area contributed by atoms with E-state index in [0.717, 1.165) is 57.8 Å². The highest BCUT2D eigenvalue weighted by molar-refractivity contribution is 5.71. The molecule has 0 aromatic carbocycles. The van der Waals surface area contributed by atoms with Crippen molar-refractivity contribution in [3.8, 4) is 0 Å². The van der Waals surface area contributed by atoms with Crippen molar-refractivity contribution in [1.29, 1.82) is 0 Å². The molecule has 0 aliphatic carbocycles. The van der Waals surface area contributed by atoms with Crippen molar-refractivity contribution in [1.82, 2.24) is 0 Å². The van der Waals surface area contributed by atoms with E-state index in [2.05, 4.69) is 20.8 Å². The first-order valence-electron chi connectivity index (χ1n) is 27.5. The maximum Gasteiger partial charge on any atom is 0.306 e. The average Bonchev–Trinajstić information content (AvgIpc) is 3.26. The van der Waals surface area contributed by atoms with Crippen LogP contribution in [0.15, 0.2) is 0 Å². The molecule has 0 radical (unpaired) electrons. The molecule has 6 nitrogen and oxygen atoms in total. The van der Waals surface area contributed by atoms with E-state index in [4.69, 9.17) is 14.2 Å². The van der Waals surface area contributed by atoms with Gasteiger partial charge in [0, 0.05) is 19.3 Å². The highest BCUT2D eigenvalue weighted by Gasteiger charge is 2.19. The van der Waals surface area contributed by atoms with Crippen molar-refractivity contribution in [3.05, 3.63) is 0 Å². The van der Waals surface area contributed by atoms with Gasteiger partial charge in [-0.1, -0.05) is 278 Å². The predicted octanol–water partition coefficient (Wildman–Crippen LogP) is 18.0. The normalized spacial score (nSPS) is 11.9. The molecular weight excluding hydrogens is 757 g/mol. The molecule has 6 heteroatoms. The molecule has 0 rings (SSSR count). The first-order valence-corrected chi connectivity index (χ1v) is 27.5. The standard InChI is InChI=1S/C55H106O6/c1-4-7-10-13-16-19-22-25-26-27-28-31-33-36-39-42-45-48-54(57)60-51-52(61-55(58)49-46-43-40-37-34-30-24-21-18-15-12-9-6-3)50-59-53(56)47-44-41-38-35-32-29-23-20-17-14-11-8-5-2/h52H,4-51H2,1-3H3. The summed E-state index contributed by atoms with van der Waals surface area (Å²) in [6, 6.07) is 0. The van der Waals surface area contributed by atoms with Crippen molar-refractivity contribution in [2.75, 3.05) is 13.2 Å². The van der Waals surface area contributed by atoms with Gasteiger partial charge in [0.2, 0.25) is 0 Å². The molecule has 0 N–H and O–H groups in total. The molecular formula is C55H106O6. The molecule has 0 bridgehead atoms. The second-order valence-corrected chi connectivity index (χ2v) is 18.9. The second kappa shape index (κ2) is 51.0. The van der Waals surface area contributed by atoms with Crippen LogP contribution in [0.5, 0.6) is 0 Å². The van der Waals surface area contributed by atoms with Gasteiger partial charge < -0.3 is 14.2 Å². The van der Waals surface area contributed by atoms with Crippen LogP contribution in [0.4, 0.5) is 0 Å². The molecule has 0 saturated heterocycles. The third kappa shape index (κ3) is 49.3. The van der Waals surface area contributed by atoms with Crippen LogP contribution in [-0.4, -0.2) is 37.2 Å². The lowest BCUT2D eigenvalue weighted by Gasteiger charge is -2.18. The van der Waals surface area contributed by atoms with Gasteiger partial charge in [-0.05, 0) is 19.3 Å². The summed E-state index contributed by atoms with van der Waals surface area (Å²) in [5, 5.41) is 0. The highest BCUT2D eigenvalue weighted by Crippen LogP contribution is 2.17. The number of ether oxygens (including phenoxy) is 3. The Bertz CT molecular complexity index is 905. The number of rotatable bonds is 51. The highest BCUT2D eigenvalue weighted by atomic mass is 16.6. The third-order valence-corrected chi connectivity index (χ3v) is 12.6. The molecule has 1 unspecified atom stereocenters. The van der Waals surface area contributed by atoms with E-state index < -0.39 is 6.10 Å². The summed E-state index contributed by atoms with van der Waals surface area (Å²) < 4.78 is 16.8. The van der Waals surface area contributed by atoms with E-state index in [0.29, 0.717) is 19.3 Å². The van der Waals surface area contributed by atoms with Crippen LogP contribution in [0.1, 0.15) is 316 Å². The number of unbranched alkanes of at least 4 members (excludes halogenated alkanes) is 40. The van der Waals surface area contributed by atoms with Crippen LogP contribution < -0.4 is 0 Å². The molecule has 362 valence electrons. The van der Waals surface area contributed by atoms with Crippen LogP contribution in [0.25, 0.3) is 0 Å². The Morgan fingerprint density at radius 1 is 0.262 bits per heavy atom. The average molecular weight is 863 g/mol. The van der Waals surface area contributed by atoms with Crippen molar-refractivity contribution in [2.24, 2.45) is 0 Å². The summed E-state index contributed by atoms with van der Waals surface area (Å²) in [7, 11) is 0. The van der Waals surface area contributed by atoms with Gasteiger partial charge in [-0.15, -0.1) is 0 Å². The van der Waals surface area contributed by atoms with E-state index in [-0.39, 0.29) is 31.1 Å². The molecule has 0 aliphatic rings. The van der Waals surface area contributed by atoms with Crippen molar-refractivity contribution >= 4 is 17.9 Å². The lowest BCUT2D eigenvalue weighted by atomic mass is 10.0. The van der Waals surface area contributed by atoms with Crippen molar-refractivity contribution in [3.63, 3.8) is 0 Å². The summed E-state index contributed by atoms with van der Waals surface area (Å²) >= 11 is 0. The lowest BCUT2D eigenvalue weighted by molar-refractivity contribution is -0.167. The van der Waals surface area contributed by atoms with E-state index in [9.17, 15) is 14.4 Å². The molecule has 1 atom stereocenters. The fraction of sp³-hybridized carbons (Fsp3) is 0.945. The zero-order valence-electron chi connectivity index (χ0n) is 41.5. The van der Waals surface area contributed by atoms with E-state index in [1.165, 1.54) is 218 Å². The van der Waals surface area contributed by atoms with Gasteiger partial charge in [0.15, 0.2) is 6.10 Å². The van der Waals surface area contributed by atoms with Gasteiger partial charge in [-0.25, -0.2) is 0 Å². The fourth-order valence-corrected chi connectivity index (χ4v) is 8.45. The summed E-state index contributed by atoms with van der Waals surface area (Å²) in [6.45, 7) is 6.69. The Morgan fingerprint density at radius 3 is 0.656 bits per heavy atom. The Hall–Kier alpha value is -1.59. The zero-order valence-corrected chi connectivity index (χ0v) is 41.5. The van der Waals surface area contributed by atoms with Gasteiger partial charge >= 0.3 is 17.9 Å². The maximum absolute atomic E-state index is 12.8. The number of hydrogen-bond acceptors (Lipinski definition) is 6. The van der Waals surface area contributed by atoms with Crippen LogP contribution >= 0.6 is 0 Å². The Morgan fingerprint density at radius 2 is 0.443 bits per heavy atom. The lowest BCUT2D eigenvalue weighted by Crippen LogP contribution is -2.30. The summed E-state index contributed by atoms with van der Waals surface area (Å²) in [5.41, 5.74) is 0. The van der Waals surface area contributed by atoms with Gasteiger partial charge in [-0.2, -0.15) is 0 Å². The van der Waals surface area contributed by atoms with Crippen LogP contribution in [0, 0.1) is 0 Å². The zero-order chi connectivity index (χ0) is 44.4. The topological polar surface area (TPSA) is 78.9 Å². The smallest absolute Gasteiger partial charge is 0.306 e. The van der Waals surface area contributed by atoms with E-state index >= 15 is 0 Å².